The van der Waals surface area contributed by atoms with E-state index in [1.165, 1.54) is 19.3 Å². The van der Waals surface area contributed by atoms with Crippen molar-refractivity contribution in [3.63, 3.8) is 0 Å². The molecule has 4 saturated heterocycles. The van der Waals surface area contributed by atoms with Crippen molar-refractivity contribution in [3.05, 3.63) is 29.3 Å². The third-order valence-electron chi connectivity index (χ3n) is 9.68. The molecule has 0 aromatic heterocycles. The molecule has 214 valence electrons. The fourth-order valence-electron chi connectivity index (χ4n) is 7.28. The maximum absolute atomic E-state index is 13.3. The summed E-state index contributed by atoms with van der Waals surface area (Å²) in [5, 5.41) is 5.67. The van der Waals surface area contributed by atoms with Gasteiger partial charge >= 0.3 is 0 Å². The van der Waals surface area contributed by atoms with Crippen LogP contribution in [0.1, 0.15) is 78.5 Å². The lowest BCUT2D eigenvalue weighted by atomic mass is 9.83. The highest BCUT2D eigenvalue weighted by atomic mass is 16.2. The number of nitrogens with zero attached hydrogens (tertiary/aromatic N) is 3. The smallest absolute Gasteiger partial charge is 0.262 e. The van der Waals surface area contributed by atoms with Crippen molar-refractivity contribution in [2.75, 3.05) is 44.2 Å². The van der Waals surface area contributed by atoms with Crippen molar-refractivity contribution in [1.29, 1.82) is 0 Å². The number of carbonyl (C=O) groups excluding carboxylic acids is 5. The minimum absolute atomic E-state index is 0.0258. The topological polar surface area (TPSA) is 119 Å². The Morgan fingerprint density at radius 1 is 0.800 bits per heavy atom. The van der Waals surface area contributed by atoms with Crippen molar-refractivity contribution < 1.29 is 24.0 Å². The first kappa shape index (κ1) is 26.9. The van der Waals surface area contributed by atoms with E-state index in [-0.39, 0.29) is 41.7 Å². The summed E-state index contributed by atoms with van der Waals surface area (Å²) < 4.78 is 0. The zero-order chi connectivity index (χ0) is 27.8. The Morgan fingerprint density at radius 2 is 1.48 bits per heavy atom. The van der Waals surface area contributed by atoms with E-state index in [0.717, 1.165) is 74.3 Å². The molecule has 5 aliphatic rings. The highest BCUT2D eigenvalue weighted by Crippen LogP contribution is 2.33. The Kier molecular flexibility index (Phi) is 7.61. The summed E-state index contributed by atoms with van der Waals surface area (Å²) in [6.45, 7) is 5.45. The molecule has 6 rings (SSSR count). The van der Waals surface area contributed by atoms with Gasteiger partial charge in [0.05, 0.1) is 11.1 Å². The average Bonchev–Trinajstić information content (AvgIpc) is 3.22. The number of amides is 5. The number of fused-ring (bicyclic) bond motifs is 1. The Hall–Kier alpha value is -3.27. The van der Waals surface area contributed by atoms with Gasteiger partial charge in [0.1, 0.15) is 6.04 Å². The van der Waals surface area contributed by atoms with E-state index < -0.39 is 23.8 Å². The Labute approximate surface area is 234 Å². The third kappa shape index (κ3) is 5.25. The van der Waals surface area contributed by atoms with E-state index in [0.29, 0.717) is 13.1 Å². The molecule has 5 aliphatic heterocycles. The quantitative estimate of drug-likeness (QED) is 0.539. The molecule has 5 amide bonds. The SMILES string of the molecule is O=C1CCC(N2C(=O)c3ccc(N4CCC(C(=O)N5CCC(CC6CCNCC6)CC5)CC4)cc3C2=O)C(=O)N1. The van der Waals surface area contributed by atoms with Crippen LogP contribution in [0.15, 0.2) is 18.2 Å². The third-order valence-corrected chi connectivity index (χ3v) is 9.68. The van der Waals surface area contributed by atoms with Gasteiger partial charge < -0.3 is 15.1 Å². The molecule has 10 heteroatoms. The minimum atomic E-state index is -0.968. The molecule has 0 aliphatic carbocycles. The van der Waals surface area contributed by atoms with Gasteiger partial charge in [0, 0.05) is 44.2 Å². The van der Waals surface area contributed by atoms with Gasteiger partial charge in [-0.2, -0.15) is 0 Å². The van der Waals surface area contributed by atoms with Gasteiger partial charge in [0.25, 0.3) is 11.8 Å². The summed E-state index contributed by atoms with van der Waals surface area (Å²) in [6, 6.07) is 4.26. The number of imide groups is 2. The molecule has 1 atom stereocenters. The highest BCUT2D eigenvalue weighted by molar-refractivity contribution is 6.23. The van der Waals surface area contributed by atoms with Gasteiger partial charge in [-0.1, -0.05) is 0 Å². The van der Waals surface area contributed by atoms with E-state index in [1.807, 2.05) is 6.07 Å². The molecule has 0 spiro atoms. The molecule has 1 aromatic carbocycles. The van der Waals surface area contributed by atoms with Gasteiger partial charge in [-0.3, -0.25) is 34.2 Å². The van der Waals surface area contributed by atoms with Crippen molar-refractivity contribution in [3.8, 4) is 0 Å². The first-order chi connectivity index (χ1) is 19.4. The molecule has 0 bridgehead atoms. The molecule has 1 unspecified atom stereocenters. The van der Waals surface area contributed by atoms with Crippen LogP contribution in [0, 0.1) is 17.8 Å². The number of carbonyl (C=O) groups is 5. The normalized spacial score (nSPS) is 25.4. The average molecular weight is 550 g/mol. The number of nitrogens with one attached hydrogen (secondary N) is 2. The number of rotatable bonds is 5. The summed E-state index contributed by atoms with van der Waals surface area (Å²) >= 11 is 0. The largest absolute Gasteiger partial charge is 0.371 e. The van der Waals surface area contributed by atoms with E-state index >= 15 is 0 Å². The molecule has 2 N–H and O–H groups in total. The van der Waals surface area contributed by atoms with E-state index in [1.54, 1.807) is 12.1 Å². The summed E-state index contributed by atoms with van der Waals surface area (Å²) in [6.07, 6.45) is 7.87. The van der Waals surface area contributed by atoms with Crippen molar-refractivity contribution >= 4 is 35.2 Å². The van der Waals surface area contributed by atoms with Crippen LogP contribution in [-0.4, -0.2) is 84.6 Å². The van der Waals surface area contributed by atoms with Crippen LogP contribution in [-0.2, 0) is 14.4 Å². The van der Waals surface area contributed by atoms with Gasteiger partial charge in [-0.25, -0.2) is 0 Å². The zero-order valence-electron chi connectivity index (χ0n) is 23.0. The number of hydrogen-bond donors (Lipinski definition) is 2. The van der Waals surface area contributed by atoms with Gasteiger partial charge in [-0.15, -0.1) is 0 Å². The summed E-state index contributed by atoms with van der Waals surface area (Å²) in [5.74, 6) is -0.0922. The second-order valence-electron chi connectivity index (χ2n) is 12.1. The summed E-state index contributed by atoms with van der Waals surface area (Å²) in [5.41, 5.74) is 1.42. The van der Waals surface area contributed by atoms with Gasteiger partial charge in [0.15, 0.2) is 0 Å². The molecule has 1 aromatic rings. The van der Waals surface area contributed by atoms with Crippen LogP contribution in [0.25, 0.3) is 0 Å². The van der Waals surface area contributed by atoms with Gasteiger partial charge in [0.2, 0.25) is 17.7 Å². The van der Waals surface area contributed by atoms with E-state index in [9.17, 15) is 24.0 Å². The van der Waals surface area contributed by atoms with Crippen molar-refractivity contribution in [2.45, 2.75) is 63.8 Å². The molecule has 10 nitrogen and oxygen atoms in total. The van der Waals surface area contributed by atoms with Crippen molar-refractivity contribution in [2.24, 2.45) is 17.8 Å². The lowest BCUT2D eigenvalue weighted by Gasteiger charge is -2.39. The second kappa shape index (κ2) is 11.3. The maximum atomic E-state index is 13.3. The number of piperidine rings is 4. The molecule has 40 heavy (non-hydrogen) atoms. The Bertz CT molecular complexity index is 1190. The lowest BCUT2D eigenvalue weighted by molar-refractivity contribution is -0.138. The molecular formula is C30H39N5O5. The first-order valence-electron chi connectivity index (χ1n) is 15.0. The number of hydrogen-bond acceptors (Lipinski definition) is 7. The first-order valence-corrected chi connectivity index (χ1v) is 15.0. The molecule has 0 radical (unpaired) electrons. The van der Waals surface area contributed by atoms with E-state index in [2.05, 4.69) is 20.4 Å². The van der Waals surface area contributed by atoms with Crippen LogP contribution in [0.3, 0.4) is 0 Å². The zero-order valence-corrected chi connectivity index (χ0v) is 23.0. The van der Waals surface area contributed by atoms with Crippen molar-refractivity contribution in [1.82, 2.24) is 20.4 Å². The summed E-state index contributed by atoms with van der Waals surface area (Å²) in [4.78, 5) is 68.6. The fraction of sp³-hybridized carbons (Fsp3) is 0.633. The van der Waals surface area contributed by atoms with Crippen LogP contribution < -0.4 is 15.5 Å². The van der Waals surface area contributed by atoms with Gasteiger partial charge in [-0.05, 0) is 94.5 Å². The number of anilines is 1. The molecular weight excluding hydrogens is 510 g/mol. The standard InChI is InChI=1S/C30H39N5O5/c36-26-4-3-25(27(37)32-26)35-29(39)23-2-1-22(18-24(23)30(35)40)33-15-9-21(10-16-33)28(38)34-13-7-20(8-14-34)17-19-5-11-31-12-6-19/h1-2,18-21,25,31H,3-17H2,(H,32,36,37). The lowest BCUT2D eigenvalue weighted by Crippen LogP contribution is -2.54. The highest BCUT2D eigenvalue weighted by Gasteiger charge is 2.45. The molecule has 0 saturated carbocycles. The predicted octanol–water partition coefficient (Wildman–Crippen LogP) is 1.93. The Balaban J connectivity index is 1.02. The molecule has 5 heterocycles. The fourth-order valence-corrected chi connectivity index (χ4v) is 7.28. The minimum Gasteiger partial charge on any atom is -0.371 e. The summed E-state index contributed by atoms with van der Waals surface area (Å²) in [7, 11) is 0. The van der Waals surface area contributed by atoms with E-state index in [4.69, 9.17) is 0 Å². The second-order valence-corrected chi connectivity index (χ2v) is 12.1. The number of likely N-dealkylation sites (tertiary alicyclic amines) is 1. The van der Waals surface area contributed by atoms with Crippen LogP contribution in [0.5, 0.6) is 0 Å². The van der Waals surface area contributed by atoms with Crippen LogP contribution in [0.4, 0.5) is 5.69 Å². The maximum Gasteiger partial charge on any atom is 0.262 e. The monoisotopic (exact) mass is 549 g/mol. The molecule has 4 fully saturated rings. The Morgan fingerprint density at radius 3 is 2.17 bits per heavy atom. The van der Waals surface area contributed by atoms with Crippen LogP contribution in [0.2, 0.25) is 0 Å². The predicted molar refractivity (Wildman–Crippen MR) is 148 cm³/mol. The van der Waals surface area contributed by atoms with Crippen LogP contribution >= 0.6 is 0 Å². The number of benzene rings is 1.